The molecule has 0 bridgehead atoms. The summed E-state index contributed by atoms with van der Waals surface area (Å²) >= 11 is 0. The van der Waals surface area contributed by atoms with Gasteiger partial charge in [0.25, 0.3) is 0 Å². The molecule has 2 saturated heterocycles. The molecule has 2 aliphatic rings. The van der Waals surface area contributed by atoms with Crippen molar-refractivity contribution >= 4 is 0 Å². The Labute approximate surface area is 85.6 Å². The molecular formula is C11H21FN2. The van der Waals surface area contributed by atoms with Gasteiger partial charge in [-0.1, -0.05) is 6.42 Å². The lowest BCUT2D eigenvalue weighted by molar-refractivity contribution is 0.0749. The van der Waals surface area contributed by atoms with E-state index in [2.05, 4.69) is 10.6 Å². The van der Waals surface area contributed by atoms with Gasteiger partial charge in [0.1, 0.15) is 5.67 Å². The fourth-order valence-corrected chi connectivity index (χ4v) is 2.70. The predicted octanol–water partition coefficient (Wildman–Crippen LogP) is 1.61. The smallest absolute Gasteiger partial charge is 0.127 e. The number of hydrogen-bond donors (Lipinski definition) is 2. The van der Waals surface area contributed by atoms with Gasteiger partial charge in [-0.3, -0.25) is 0 Å². The fraction of sp³-hybridized carbons (Fsp3) is 1.00. The normalized spacial score (nSPS) is 40.5. The van der Waals surface area contributed by atoms with Crippen LogP contribution >= 0.6 is 0 Å². The van der Waals surface area contributed by atoms with Gasteiger partial charge in [-0.25, -0.2) is 4.39 Å². The number of nitrogens with one attached hydrogen (secondary N) is 2. The summed E-state index contributed by atoms with van der Waals surface area (Å²) in [5.74, 6) is 0. The SMILES string of the molecule is FC1(C2CCCCN2)CCCNCC1. The third-order valence-electron chi connectivity index (χ3n) is 3.60. The van der Waals surface area contributed by atoms with Crippen molar-refractivity contribution in [1.82, 2.24) is 10.6 Å². The molecule has 2 N–H and O–H groups in total. The Balaban J connectivity index is 1.96. The molecule has 2 atom stereocenters. The molecule has 0 radical (unpaired) electrons. The standard InChI is InChI=1S/C11H21FN2/c12-11(5-3-7-13-9-6-11)10-4-1-2-8-14-10/h10,13-14H,1-9H2. The van der Waals surface area contributed by atoms with Crippen LogP contribution in [0.3, 0.4) is 0 Å². The summed E-state index contributed by atoms with van der Waals surface area (Å²) in [7, 11) is 0. The number of piperidine rings is 1. The van der Waals surface area contributed by atoms with Gasteiger partial charge in [0.05, 0.1) is 0 Å². The first-order valence-corrected chi connectivity index (χ1v) is 5.94. The molecule has 82 valence electrons. The molecule has 2 fully saturated rings. The maximum absolute atomic E-state index is 14.6. The lowest BCUT2D eigenvalue weighted by atomic mass is 9.84. The van der Waals surface area contributed by atoms with E-state index in [0.29, 0.717) is 6.42 Å². The summed E-state index contributed by atoms with van der Waals surface area (Å²) in [5.41, 5.74) is -0.941. The number of rotatable bonds is 1. The van der Waals surface area contributed by atoms with Crippen molar-refractivity contribution in [2.75, 3.05) is 19.6 Å². The summed E-state index contributed by atoms with van der Waals surface area (Å²) in [6, 6.07) is 0.121. The molecule has 2 rings (SSSR count). The van der Waals surface area contributed by atoms with Gasteiger partial charge in [0.2, 0.25) is 0 Å². The van der Waals surface area contributed by atoms with E-state index < -0.39 is 5.67 Å². The fourth-order valence-electron chi connectivity index (χ4n) is 2.70. The van der Waals surface area contributed by atoms with Crippen LogP contribution in [0.4, 0.5) is 4.39 Å². The molecule has 2 heterocycles. The van der Waals surface area contributed by atoms with Gasteiger partial charge in [-0.2, -0.15) is 0 Å². The first-order valence-electron chi connectivity index (χ1n) is 5.94. The lowest BCUT2D eigenvalue weighted by Crippen LogP contribution is -2.50. The summed E-state index contributed by atoms with van der Waals surface area (Å²) in [6.45, 7) is 2.83. The Morgan fingerprint density at radius 1 is 1.00 bits per heavy atom. The maximum Gasteiger partial charge on any atom is 0.127 e. The van der Waals surface area contributed by atoms with Crippen LogP contribution in [0.25, 0.3) is 0 Å². The second kappa shape index (κ2) is 4.58. The Kier molecular flexibility index (Phi) is 3.39. The minimum Gasteiger partial charge on any atom is -0.317 e. The Morgan fingerprint density at radius 3 is 2.71 bits per heavy atom. The second-order valence-electron chi connectivity index (χ2n) is 4.64. The molecule has 0 aromatic carbocycles. The zero-order chi connectivity index (χ0) is 9.86. The van der Waals surface area contributed by atoms with Crippen LogP contribution in [-0.4, -0.2) is 31.3 Å². The topological polar surface area (TPSA) is 24.1 Å². The molecule has 2 unspecified atom stereocenters. The molecule has 0 aromatic heterocycles. The molecule has 2 nitrogen and oxygen atoms in total. The highest BCUT2D eigenvalue weighted by atomic mass is 19.1. The second-order valence-corrected chi connectivity index (χ2v) is 4.64. The Hall–Kier alpha value is -0.150. The highest BCUT2D eigenvalue weighted by Gasteiger charge is 2.39. The van der Waals surface area contributed by atoms with E-state index in [-0.39, 0.29) is 6.04 Å². The van der Waals surface area contributed by atoms with E-state index in [4.69, 9.17) is 0 Å². The number of alkyl halides is 1. The summed E-state index contributed by atoms with van der Waals surface area (Å²) in [6.07, 6.45) is 5.83. The number of hydrogen-bond acceptors (Lipinski definition) is 2. The van der Waals surface area contributed by atoms with Crippen molar-refractivity contribution in [1.29, 1.82) is 0 Å². The van der Waals surface area contributed by atoms with Crippen molar-refractivity contribution in [3.63, 3.8) is 0 Å². The van der Waals surface area contributed by atoms with Crippen molar-refractivity contribution in [3.05, 3.63) is 0 Å². The monoisotopic (exact) mass is 200 g/mol. The van der Waals surface area contributed by atoms with Crippen LogP contribution in [0.2, 0.25) is 0 Å². The van der Waals surface area contributed by atoms with E-state index in [9.17, 15) is 4.39 Å². The third-order valence-corrected chi connectivity index (χ3v) is 3.60. The highest BCUT2D eigenvalue weighted by Crippen LogP contribution is 2.32. The Morgan fingerprint density at radius 2 is 1.93 bits per heavy atom. The molecular weight excluding hydrogens is 179 g/mol. The molecule has 0 spiro atoms. The van der Waals surface area contributed by atoms with Crippen molar-refractivity contribution < 1.29 is 4.39 Å². The minimum atomic E-state index is -0.941. The van der Waals surface area contributed by atoms with Crippen molar-refractivity contribution in [2.24, 2.45) is 0 Å². The van der Waals surface area contributed by atoms with E-state index >= 15 is 0 Å². The first-order chi connectivity index (χ1) is 6.81. The average Bonchev–Trinajstić information content (AvgIpc) is 2.46. The number of halogens is 1. The van der Waals surface area contributed by atoms with Gasteiger partial charge >= 0.3 is 0 Å². The summed E-state index contributed by atoms with van der Waals surface area (Å²) in [5, 5.41) is 6.63. The van der Waals surface area contributed by atoms with E-state index in [1.807, 2.05) is 0 Å². The van der Waals surface area contributed by atoms with Crippen LogP contribution in [0.15, 0.2) is 0 Å². The molecule has 0 aliphatic carbocycles. The summed E-state index contributed by atoms with van der Waals surface area (Å²) < 4.78 is 14.6. The molecule has 2 aliphatic heterocycles. The van der Waals surface area contributed by atoms with Crippen LogP contribution < -0.4 is 10.6 Å². The van der Waals surface area contributed by atoms with Gasteiger partial charge in [-0.15, -0.1) is 0 Å². The largest absolute Gasteiger partial charge is 0.317 e. The molecule has 3 heteroatoms. The van der Waals surface area contributed by atoms with Crippen LogP contribution in [0.1, 0.15) is 38.5 Å². The zero-order valence-electron chi connectivity index (χ0n) is 8.82. The van der Waals surface area contributed by atoms with E-state index in [0.717, 1.165) is 38.9 Å². The average molecular weight is 200 g/mol. The first kappa shape index (κ1) is 10.4. The quantitative estimate of drug-likeness (QED) is 0.672. The molecule has 14 heavy (non-hydrogen) atoms. The lowest BCUT2D eigenvalue weighted by Gasteiger charge is -2.36. The predicted molar refractivity (Wildman–Crippen MR) is 56.2 cm³/mol. The molecule has 0 saturated carbocycles. The van der Waals surface area contributed by atoms with E-state index in [1.54, 1.807) is 0 Å². The van der Waals surface area contributed by atoms with Crippen LogP contribution in [0.5, 0.6) is 0 Å². The highest BCUT2D eigenvalue weighted by molar-refractivity contribution is 4.95. The van der Waals surface area contributed by atoms with Crippen molar-refractivity contribution in [2.45, 2.75) is 50.2 Å². The minimum absolute atomic E-state index is 0.121. The van der Waals surface area contributed by atoms with Crippen molar-refractivity contribution in [3.8, 4) is 0 Å². The third kappa shape index (κ3) is 2.26. The Bertz CT molecular complexity index is 170. The van der Waals surface area contributed by atoms with Crippen LogP contribution in [-0.2, 0) is 0 Å². The molecule has 0 amide bonds. The van der Waals surface area contributed by atoms with Gasteiger partial charge < -0.3 is 10.6 Å². The van der Waals surface area contributed by atoms with Gasteiger partial charge in [0, 0.05) is 6.04 Å². The maximum atomic E-state index is 14.6. The zero-order valence-corrected chi connectivity index (χ0v) is 8.82. The molecule has 0 aromatic rings. The van der Waals surface area contributed by atoms with Gasteiger partial charge in [0.15, 0.2) is 0 Å². The van der Waals surface area contributed by atoms with Gasteiger partial charge in [-0.05, 0) is 51.7 Å². The van der Waals surface area contributed by atoms with Crippen LogP contribution in [0, 0.1) is 0 Å². The summed E-state index contributed by atoms with van der Waals surface area (Å²) in [4.78, 5) is 0. The van der Waals surface area contributed by atoms with E-state index in [1.165, 1.54) is 12.8 Å².